The number of nitrogens with one attached hydrogen (secondary N) is 2. The molecular formula is C29H32N2O5. The van der Waals surface area contributed by atoms with Crippen LogP contribution < -0.4 is 10.6 Å². The molecule has 0 aliphatic carbocycles. The third-order valence-electron chi connectivity index (χ3n) is 6.68. The SMILES string of the molecule is CC(OC(=O)OC(C)C1=C(c2ccccc2)C(=O)NC1(C)C)C1=C(c2ccccc2)C(=O)NC1(C)C. The molecule has 36 heavy (non-hydrogen) atoms. The molecule has 7 heteroatoms. The number of benzene rings is 2. The van der Waals surface area contributed by atoms with Crippen LogP contribution in [0.1, 0.15) is 52.7 Å². The van der Waals surface area contributed by atoms with Crippen molar-refractivity contribution < 1.29 is 23.9 Å². The number of ether oxygens (including phenoxy) is 2. The molecule has 2 aliphatic rings. The van der Waals surface area contributed by atoms with E-state index in [1.54, 1.807) is 13.8 Å². The lowest BCUT2D eigenvalue weighted by Crippen LogP contribution is -2.42. The summed E-state index contributed by atoms with van der Waals surface area (Å²) in [7, 11) is 0. The molecular weight excluding hydrogens is 456 g/mol. The second-order valence-electron chi connectivity index (χ2n) is 10.2. The van der Waals surface area contributed by atoms with Gasteiger partial charge in [-0.2, -0.15) is 0 Å². The van der Waals surface area contributed by atoms with Crippen LogP contribution in [0.2, 0.25) is 0 Å². The fraction of sp³-hybridized carbons (Fsp3) is 0.345. The normalized spacial score (nSPS) is 20.1. The molecule has 0 saturated heterocycles. The highest BCUT2D eigenvalue weighted by Gasteiger charge is 2.44. The molecule has 0 aromatic heterocycles. The predicted molar refractivity (Wildman–Crippen MR) is 138 cm³/mol. The minimum Gasteiger partial charge on any atom is -0.427 e. The van der Waals surface area contributed by atoms with Crippen molar-refractivity contribution in [2.75, 3.05) is 0 Å². The summed E-state index contributed by atoms with van der Waals surface area (Å²) in [5, 5.41) is 5.95. The fourth-order valence-electron chi connectivity index (χ4n) is 5.34. The zero-order valence-corrected chi connectivity index (χ0v) is 21.5. The van der Waals surface area contributed by atoms with E-state index in [2.05, 4.69) is 10.6 Å². The maximum Gasteiger partial charge on any atom is 0.509 e. The summed E-state index contributed by atoms with van der Waals surface area (Å²) in [6.07, 6.45) is -2.33. The molecule has 2 aliphatic heterocycles. The van der Waals surface area contributed by atoms with E-state index < -0.39 is 29.4 Å². The molecule has 0 radical (unpaired) electrons. The van der Waals surface area contributed by atoms with Crippen LogP contribution >= 0.6 is 0 Å². The Morgan fingerprint density at radius 2 is 1.00 bits per heavy atom. The molecule has 2 aromatic carbocycles. The summed E-state index contributed by atoms with van der Waals surface area (Å²) < 4.78 is 11.4. The Labute approximate surface area is 211 Å². The second kappa shape index (κ2) is 9.30. The summed E-state index contributed by atoms with van der Waals surface area (Å²) in [5.41, 5.74) is 2.42. The molecule has 0 bridgehead atoms. The first-order chi connectivity index (χ1) is 16.9. The standard InChI is InChI=1S/C29H32N2O5/c1-17(23-21(19-13-9-7-10-14-19)25(32)30-28(23,3)4)35-27(34)36-18(2)24-22(20-15-11-8-12-16-20)26(33)31-29(24,5)6/h7-18H,1-6H3,(H,30,32)(H,31,33). The van der Waals surface area contributed by atoms with Crippen LogP contribution in [0.3, 0.4) is 0 Å². The van der Waals surface area contributed by atoms with E-state index in [-0.39, 0.29) is 11.8 Å². The zero-order valence-electron chi connectivity index (χ0n) is 21.5. The molecule has 2 N–H and O–H groups in total. The van der Waals surface area contributed by atoms with E-state index >= 15 is 0 Å². The Balaban J connectivity index is 1.60. The monoisotopic (exact) mass is 488 g/mol. The van der Waals surface area contributed by atoms with Gasteiger partial charge in [-0.15, -0.1) is 0 Å². The Morgan fingerprint density at radius 1 is 0.667 bits per heavy atom. The number of hydrogen-bond donors (Lipinski definition) is 2. The van der Waals surface area contributed by atoms with Crippen LogP contribution in [0.15, 0.2) is 71.8 Å². The highest BCUT2D eigenvalue weighted by atomic mass is 16.7. The van der Waals surface area contributed by atoms with Crippen molar-refractivity contribution in [3.05, 3.63) is 82.9 Å². The smallest absolute Gasteiger partial charge is 0.427 e. The number of rotatable bonds is 6. The summed E-state index contributed by atoms with van der Waals surface area (Å²) in [6.45, 7) is 11.0. The molecule has 2 unspecified atom stereocenters. The van der Waals surface area contributed by atoms with Crippen molar-refractivity contribution in [1.82, 2.24) is 10.6 Å². The fourth-order valence-corrected chi connectivity index (χ4v) is 5.34. The van der Waals surface area contributed by atoms with E-state index in [1.807, 2.05) is 88.4 Å². The summed E-state index contributed by atoms with van der Waals surface area (Å²) in [6, 6.07) is 18.6. The van der Waals surface area contributed by atoms with Crippen LogP contribution in [0, 0.1) is 0 Å². The Bertz CT molecular complexity index is 1160. The van der Waals surface area contributed by atoms with Gasteiger partial charge >= 0.3 is 6.16 Å². The minimum atomic E-state index is -0.875. The number of amides is 2. The van der Waals surface area contributed by atoms with Gasteiger partial charge in [0.15, 0.2) is 0 Å². The van der Waals surface area contributed by atoms with E-state index in [4.69, 9.17) is 9.47 Å². The highest BCUT2D eigenvalue weighted by molar-refractivity contribution is 6.24. The van der Waals surface area contributed by atoms with E-state index in [9.17, 15) is 14.4 Å². The lowest BCUT2D eigenvalue weighted by Gasteiger charge is -2.29. The highest BCUT2D eigenvalue weighted by Crippen LogP contribution is 2.38. The Hall–Kier alpha value is -3.87. The van der Waals surface area contributed by atoms with Crippen LogP contribution in [-0.4, -0.2) is 41.3 Å². The Kier molecular flexibility index (Phi) is 6.52. The first-order valence-corrected chi connectivity index (χ1v) is 12.0. The van der Waals surface area contributed by atoms with Crippen LogP contribution in [0.4, 0.5) is 4.79 Å². The largest absolute Gasteiger partial charge is 0.509 e. The van der Waals surface area contributed by atoms with Crippen molar-refractivity contribution >= 4 is 29.1 Å². The number of hydrogen-bond acceptors (Lipinski definition) is 5. The molecule has 4 rings (SSSR count). The molecule has 2 amide bonds. The van der Waals surface area contributed by atoms with E-state index in [0.717, 1.165) is 11.1 Å². The minimum absolute atomic E-state index is 0.215. The first kappa shape index (κ1) is 25.2. The molecule has 2 atom stereocenters. The second-order valence-corrected chi connectivity index (χ2v) is 10.2. The summed E-state index contributed by atoms with van der Waals surface area (Å²) >= 11 is 0. The average molecular weight is 489 g/mol. The Morgan fingerprint density at radius 3 is 1.33 bits per heavy atom. The molecule has 0 saturated carbocycles. The molecule has 7 nitrogen and oxygen atoms in total. The topological polar surface area (TPSA) is 93.7 Å². The molecule has 2 aromatic rings. The molecule has 188 valence electrons. The maximum atomic E-state index is 12.9. The van der Waals surface area contributed by atoms with Crippen molar-refractivity contribution in [2.45, 2.75) is 64.8 Å². The van der Waals surface area contributed by atoms with Gasteiger partial charge in [0.1, 0.15) is 12.2 Å². The van der Waals surface area contributed by atoms with Gasteiger partial charge in [-0.25, -0.2) is 4.79 Å². The van der Waals surface area contributed by atoms with Gasteiger partial charge < -0.3 is 20.1 Å². The average Bonchev–Trinajstić information content (AvgIpc) is 3.20. The van der Waals surface area contributed by atoms with Gasteiger partial charge in [-0.1, -0.05) is 60.7 Å². The number of carbonyl (C=O) groups is 3. The van der Waals surface area contributed by atoms with Crippen molar-refractivity contribution in [1.29, 1.82) is 0 Å². The van der Waals surface area contributed by atoms with Gasteiger partial charge in [-0.3, -0.25) is 9.59 Å². The van der Waals surface area contributed by atoms with Crippen molar-refractivity contribution in [3.63, 3.8) is 0 Å². The van der Waals surface area contributed by atoms with Gasteiger partial charge in [-0.05, 0) is 52.7 Å². The first-order valence-electron chi connectivity index (χ1n) is 12.0. The lowest BCUT2D eigenvalue weighted by molar-refractivity contribution is -0.116. The third-order valence-corrected chi connectivity index (χ3v) is 6.68. The van der Waals surface area contributed by atoms with E-state index in [0.29, 0.717) is 22.3 Å². The molecule has 2 heterocycles. The van der Waals surface area contributed by atoms with Crippen LogP contribution in [-0.2, 0) is 19.1 Å². The van der Waals surface area contributed by atoms with Crippen molar-refractivity contribution in [3.8, 4) is 0 Å². The third kappa shape index (κ3) is 4.65. The summed E-state index contributed by atoms with van der Waals surface area (Å²) in [4.78, 5) is 38.6. The maximum absolute atomic E-state index is 12.9. The lowest BCUT2D eigenvalue weighted by atomic mass is 9.87. The molecule has 0 fully saturated rings. The van der Waals surface area contributed by atoms with Gasteiger partial charge in [0.2, 0.25) is 0 Å². The predicted octanol–water partition coefficient (Wildman–Crippen LogP) is 4.64. The van der Waals surface area contributed by atoms with Crippen molar-refractivity contribution in [2.24, 2.45) is 0 Å². The van der Waals surface area contributed by atoms with Crippen LogP contribution in [0.25, 0.3) is 11.1 Å². The van der Waals surface area contributed by atoms with E-state index in [1.165, 1.54) is 0 Å². The van der Waals surface area contributed by atoms with Gasteiger partial charge in [0, 0.05) is 11.1 Å². The quantitative estimate of drug-likeness (QED) is 0.578. The zero-order chi connectivity index (χ0) is 26.3. The van der Waals surface area contributed by atoms with Gasteiger partial charge in [0.25, 0.3) is 11.8 Å². The van der Waals surface area contributed by atoms with Gasteiger partial charge in [0.05, 0.1) is 22.2 Å². The number of carbonyl (C=O) groups excluding carboxylic acids is 3. The molecule has 0 spiro atoms. The summed E-state index contributed by atoms with van der Waals surface area (Å²) in [5.74, 6) is -0.429. The van der Waals surface area contributed by atoms with Crippen LogP contribution in [0.5, 0.6) is 0 Å².